The van der Waals surface area contributed by atoms with Crippen LogP contribution in [-0.4, -0.2) is 12.1 Å². The Morgan fingerprint density at radius 3 is 2.60 bits per heavy atom. The van der Waals surface area contributed by atoms with Crippen LogP contribution in [0, 0.1) is 0 Å². The van der Waals surface area contributed by atoms with E-state index in [0.29, 0.717) is 0 Å². The topological polar surface area (TPSA) is 22.1 Å². The van der Waals surface area contributed by atoms with Crippen LogP contribution in [0.4, 0.5) is 0 Å². The first-order valence-corrected chi connectivity index (χ1v) is 6.53. The zero-order chi connectivity index (χ0) is 13.8. The molecular formula is C18H15NO. The maximum Gasteiger partial charge on any atom is 0.119 e. The fourth-order valence-corrected chi connectivity index (χ4v) is 2.17. The van der Waals surface area contributed by atoms with Crippen LogP contribution in [0.2, 0.25) is 0 Å². The van der Waals surface area contributed by atoms with Crippen molar-refractivity contribution in [2.75, 3.05) is 7.11 Å². The van der Waals surface area contributed by atoms with Gasteiger partial charge in [-0.25, -0.2) is 0 Å². The van der Waals surface area contributed by atoms with E-state index < -0.39 is 0 Å². The molecule has 3 aromatic rings. The summed E-state index contributed by atoms with van der Waals surface area (Å²) in [5, 5.41) is 1.10. The number of rotatable bonds is 3. The molecule has 0 saturated heterocycles. The highest BCUT2D eigenvalue weighted by atomic mass is 16.5. The SMILES string of the molecule is COc1ccc2nccc(/C=C\c3ccccc3)c2c1. The van der Waals surface area contributed by atoms with Gasteiger partial charge >= 0.3 is 0 Å². The number of hydrogen-bond acceptors (Lipinski definition) is 2. The number of pyridine rings is 1. The van der Waals surface area contributed by atoms with E-state index in [0.717, 1.165) is 22.2 Å². The van der Waals surface area contributed by atoms with Crippen LogP contribution in [-0.2, 0) is 0 Å². The molecule has 0 N–H and O–H groups in total. The summed E-state index contributed by atoms with van der Waals surface area (Å²) >= 11 is 0. The average Bonchev–Trinajstić information content (AvgIpc) is 2.53. The van der Waals surface area contributed by atoms with Crippen LogP contribution < -0.4 is 4.74 Å². The van der Waals surface area contributed by atoms with Crippen LogP contribution in [0.5, 0.6) is 5.75 Å². The van der Waals surface area contributed by atoms with E-state index >= 15 is 0 Å². The van der Waals surface area contributed by atoms with Crippen LogP contribution in [0.1, 0.15) is 11.1 Å². The third-order valence-corrected chi connectivity index (χ3v) is 3.24. The number of benzene rings is 2. The molecule has 0 saturated carbocycles. The van der Waals surface area contributed by atoms with Gasteiger partial charge in [0.2, 0.25) is 0 Å². The van der Waals surface area contributed by atoms with Crippen molar-refractivity contribution in [3.8, 4) is 5.75 Å². The number of methoxy groups -OCH3 is 1. The molecule has 0 spiro atoms. The van der Waals surface area contributed by atoms with Gasteiger partial charge in [-0.15, -0.1) is 0 Å². The fourth-order valence-electron chi connectivity index (χ4n) is 2.17. The van der Waals surface area contributed by atoms with Crippen LogP contribution in [0.3, 0.4) is 0 Å². The van der Waals surface area contributed by atoms with Gasteiger partial charge < -0.3 is 4.74 Å². The molecule has 0 aliphatic carbocycles. The van der Waals surface area contributed by atoms with Gasteiger partial charge in [0.05, 0.1) is 12.6 Å². The minimum Gasteiger partial charge on any atom is -0.497 e. The minimum atomic E-state index is 0.847. The Morgan fingerprint density at radius 2 is 1.80 bits per heavy atom. The molecule has 2 heteroatoms. The molecule has 0 atom stereocenters. The number of hydrogen-bond donors (Lipinski definition) is 0. The first-order valence-electron chi connectivity index (χ1n) is 6.53. The van der Waals surface area contributed by atoms with Crippen LogP contribution >= 0.6 is 0 Å². The van der Waals surface area contributed by atoms with Gasteiger partial charge in [0.15, 0.2) is 0 Å². The zero-order valence-electron chi connectivity index (χ0n) is 11.3. The molecule has 0 radical (unpaired) electrons. The summed E-state index contributed by atoms with van der Waals surface area (Å²) in [6.07, 6.45) is 6.05. The number of nitrogens with zero attached hydrogens (tertiary/aromatic N) is 1. The number of fused-ring (bicyclic) bond motifs is 1. The molecule has 3 rings (SSSR count). The number of ether oxygens (including phenoxy) is 1. The highest BCUT2D eigenvalue weighted by molar-refractivity contribution is 5.91. The van der Waals surface area contributed by atoms with Crippen LogP contribution in [0.25, 0.3) is 23.1 Å². The Labute approximate surface area is 118 Å². The van der Waals surface area contributed by atoms with Gasteiger partial charge in [0.1, 0.15) is 5.75 Å². The Balaban J connectivity index is 2.05. The van der Waals surface area contributed by atoms with E-state index in [-0.39, 0.29) is 0 Å². The summed E-state index contributed by atoms with van der Waals surface area (Å²) in [7, 11) is 1.68. The molecule has 2 aromatic carbocycles. The predicted octanol–water partition coefficient (Wildman–Crippen LogP) is 4.41. The molecule has 1 heterocycles. The third-order valence-electron chi connectivity index (χ3n) is 3.24. The second-order valence-corrected chi connectivity index (χ2v) is 4.53. The Bertz CT molecular complexity index is 748. The monoisotopic (exact) mass is 261 g/mol. The summed E-state index contributed by atoms with van der Waals surface area (Å²) in [5.74, 6) is 0.847. The zero-order valence-corrected chi connectivity index (χ0v) is 11.3. The van der Waals surface area contributed by atoms with Crippen molar-refractivity contribution in [1.82, 2.24) is 4.98 Å². The first kappa shape index (κ1) is 12.4. The molecule has 98 valence electrons. The maximum atomic E-state index is 5.29. The highest BCUT2D eigenvalue weighted by Gasteiger charge is 2.01. The van der Waals surface area contributed by atoms with Gasteiger partial charge in [-0.05, 0) is 35.4 Å². The quantitative estimate of drug-likeness (QED) is 0.696. The lowest BCUT2D eigenvalue weighted by Gasteiger charge is -2.04. The van der Waals surface area contributed by atoms with E-state index in [2.05, 4.69) is 29.3 Å². The Morgan fingerprint density at radius 1 is 0.950 bits per heavy atom. The van der Waals surface area contributed by atoms with Crippen molar-refractivity contribution >= 4 is 23.1 Å². The molecule has 1 aromatic heterocycles. The number of aromatic nitrogens is 1. The van der Waals surface area contributed by atoms with Crippen molar-refractivity contribution in [1.29, 1.82) is 0 Å². The second-order valence-electron chi connectivity index (χ2n) is 4.53. The molecule has 0 bridgehead atoms. The lowest BCUT2D eigenvalue weighted by Crippen LogP contribution is -1.86. The minimum absolute atomic E-state index is 0.847. The van der Waals surface area contributed by atoms with Crippen molar-refractivity contribution in [2.24, 2.45) is 0 Å². The molecule has 0 unspecified atom stereocenters. The van der Waals surface area contributed by atoms with E-state index in [1.54, 1.807) is 7.11 Å². The summed E-state index contributed by atoms with van der Waals surface area (Å²) < 4.78 is 5.29. The molecule has 0 amide bonds. The van der Waals surface area contributed by atoms with Gasteiger partial charge in [-0.1, -0.05) is 42.5 Å². The largest absolute Gasteiger partial charge is 0.497 e. The maximum absolute atomic E-state index is 5.29. The standard InChI is InChI=1S/C18H15NO/c1-20-16-9-10-18-17(13-16)15(11-12-19-18)8-7-14-5-3-2-4-6-14/h2-13H,1H3/b8-7-. The average molecular weight is 261 g/mol. The van der Waals surface area contributed by atoms with Gasteiger partial charge in [0.25, 0.3) is 0 Å². The molecule has 0 aliphatic rings. The van der Waals surface area contributed by atoms with Crippen LogP contribution in [0.15, 0.2) is 60.8 Å². The van der Waals surface area contributed by atoms with Crippen molar-refractivity contribution in [2.45, 2.75) is 0 Å². The smallest absolute Gasteiger partial charge is 0.119 e. The fraction of sp³-hybridized carbons (Fsp3) is 0.0556. The van der Waals surface area contributed by atoms with E-state index in [1.165, 1.54) is 5.56 Å². The first-order chi connectivity index (χ1) is 9.86. The normalized spacial score (nSPS) is 11.1. The lowest BCUT2D eigenvalue weighted by molar-refractivity contribution is 0.415. The van der Waals surface area contributed by atoms with E-state index in [1.807, 2.05) is 48.7 Å². The van der Waals surface area contributed by atoms with E-state index in [4.69, 9.17) is 4.74 Å². The summed E-state index contributed by atoms with van der Waals surface area (Å²) in [6.45, 7) is 0. The van der Waals surface area contributed by atoms with Crippen molar-refractivity contribution in [3.63, 3.8) is 0 Å². The lowest BCUT2D eigenvalue weighted by atomic mass is 10.1. The van der Waals surface area contributed by atoms with Crippen molar-refractivity contribution in [3.05, 3.63) is 71.9 Å². The van der Waals surface area contributed by atoms with Crippen molar-refractivity contribution < 1.29 is 4.74 Å². The Kier molecular flexibility index (Phi) is 3.46. The summed E-state index contributed by atoms with van der Waals surface area (Å²) in [4.78, 5) is 4.38. The van der Waals surface area contributed by atoms with Gasteiger partial charge in [0, 0.05) is 11.6 Å². The van der Waals surface area contributed by atoms with Gasteiger partial charge in [-0.2, -0.15) is 0 Å². The summed E-state index contributed by atoms with van der Waals surface area (Å²) in [5.41, 5.74) is 3.29. The third kappa shape index (κ3) is 2.54. The molecule has 0 aliphatic heterocycles. The Hall–Kier alpha value is -2.61. The second kappa shape index (κ2) is 5.57. The molecule has 0 fully saturated rings. The van der Waals surface area contributed by atoms with Gasteiger partial charge in [-0.3, -0.25) is 4.98 Å². The highest BCUT2D eigenvalue weighted by Crippen LogP contribution is 2.23. The molecule has 20 heavy (non-hydrogen) atoms. The predicted molar refractivity (Wildman–Crippen MR) is 83.7 cm³/mol. The molecular weight excluding hydrogens is 246 g/mol. The summed E-state index contributed by atoms with van der Waals surface area (Å²) in [6, 6.07) is 18.2. The molecule has 2 nitrogen and oxygen atoms in total. The van der Waals surface area contributed by atoms with E-state index in [9.17, 15) is 0 Å².